The summed E-state index contributed by atoms with van der Waals surface area (Å²) in [6.45, 7) is 14.8. The number of carbonyl (C=O) groups is 1. The van der Waals surface area contributed by atoms with Gasteiger partial charge in [-0.2, -0.15) is 0 Å². The van der Waals surface area contributed by atoms with Crippen LogP contribution in [0.4, 0.5) is 0 Å². The van der Waals surface area contributed by atoms with Gasteiger partial charge in [0.05, 0.1) is 13.0 Å². The lowest BCUT2D eigenvalue weighted by Gasteiger charge is -2.42. The van der Waals surface area contributed by atoms with Gasteiger partial charge in [0.2, 0.25) is 0 Å². The van der Waals surface area contributed by atoms with E-state index in [0.717, 1.165) is 12.8 Å². The lowest BCUT2D eigenvalue weighted by molar-refractivity contribution is -0.147. The smallest absolute Gasteiger partial charge is 0.306 e. The minimum absolute atomic E-state index is 0.0253. The molecular formula is C14H26O2. The van der Waals surface area contributed by atoms with Crippen LogP contribution in [0.25, 0.3) is 0 Å². The van der Waals surface area contributed by atoms with Gasteiger partial charge in [0.1, 0.15) is 0 Å². The third kappa shape index (κ3) is 3.66. The number of esters is 1. The molecule has 0 amide bonds. The van der Waals surface area contributed by atoms with Crippen molar-refractivity contribution in [1.29, 1.82) is 0 Å². The minimum atomic E-state index is -0.159. The third-order valence-corrected chi connectivity index (χ3v) is 3.35. The van der Waals surface area contributed by atoms with Crippen molar-refractivity contribution in [2.24, 2.45) is 10.8 Å². The fourth-order valence-corrected chi connectivity index (χ4v) is 2.12. The molecule has 0 aromatic carbocycles. The van der Waals surface area contributed by atoms with Crippen LogP contribution in [0.2, 0.25) is 0 Å². The Hall–Kier alpha value is -0.790. The molecule has 0 aromatic heterocycles. The van der Waals surface area contributed by atoms with Crippen molar-refractivity contribution in [2.75, 3.05) is 6.61 Å². The zero-order chi connectivity index (χ0) is 12.8. The van der Waals surface area contributed by atoms with E-state index in [1.165, 1.54) is 0 Å². The van der Waals surface area contributed by atoms with Crippen LogP contribution in [0.1, 0.15) is 53.9 Å². The standard InChI is InChI=1S/C14H26O2/c1-7-10-14(8-2,13(4,5)6)11-12(15)16-9-3/h8H,2,7,9-11H2,1,3-6H3. The molecule has 0 saturated heterocycles. The number of hydrogen-bond acceptors (Lipinski definition) is 2. The van der Waals surface area contributed by atoms with Crippen LogP contribution >= 0.6 is 0 Å². The lowest BCUT2D eigenvalue weighted by atomic mass is 9.62. The van der Waals surface area contributed by atoms with E-state index in [4.69, 9.17) is 4.74 Å². The highest BCUT2D eigenvalue weighted by molar-refractivity contribution is 5.70. The summed E-state index contributed by atoms with van der Waals surface area (Å²) < 4.78 is 5.05. The molecule has 0 aliphatic rings. The van der Waals surface area contributed by atoms with Crippen LogP contribution in [0.3, 0.4) is 0 Å². The molecule has 0 fully saturated rings. The minimum Gasteiger partial charge on any atom is -0.466 e. The first-order valence-corrected chi connectivity index (χ1v) is 6.12. The summed E-state index contributed by atoms with van der Waals surface area (Å²) in [5.74, 6) is -0.120. The molecule has 0 aliphatic heterocycles. The van der Waals surface area contributed by atoms with Crippen molar-refractivity contribution >= 4 is 5.97 Å². The first kappa shape index (κ1) is 15.2. The third-order valence-electron chi connectivity index (χ3n) is 3.35. The summed E-state index contributed by atoms with van der Waals surface area (Å²) in [5.41, 5.74) is -0.133. The molecule has 1 unspecified atom stereocenters. The van der Waals surface area contributed by atoms with E-state index in [1.807, 2.05) is 13.0 Å². The van der Waals surface area contributed by atoms with Gasteiger partial charge in [-0.1, -0.05) is 40.2 Å². The zero-order valence-corrected chi connectivity index (χ0v) is 11.4. The number of allylic oxidation sites excluding steroid dienone is 1. The second kappa shape index (κ2) is 6.07. The predicted molar refractivity (Wildman–Crippen MR) is 68.2 cm³/mol. The van der Waals surface area contributed by atoms with Crippen LogP contribution in [-0.2, 0) is 9.53 Å². The molecule has 0 bridgehead atoms. The average Bonchev–Trinajstić information content (AvgIpc) is 2.15. The summed E-state index contributed by atoms with van der Waals surface area (Å²) in [7, 11) is 0. The molecule has 0 saturated carbocycles. The number of rotatable bonds is 6. The molecule has 0 heterocycles. The van der Waals surface area contributed by atoms with Gasteiger partial charge in [-0.15, -0.1) is 6.58 Å². The average molecular weight is 226 g/mol. The highest BCUT2D eigenvalue weighted by Crippen LogP contribution is 2.46. The van der Waals surface area contributed by atoms with E-state index >= 15 is 0 Å². The maximum Gasteiger partial charge on any atom is 0.306 e. The Morgan fingerprint density at radius 3 is 2.19 bits per heavy atom. The van der Waals surface area contributed by atoms with Gasteiger partial charge >= 0.3 is 5.97 Å². The van der Waals surface area contributed by atoms with Crippen molar-refractivity contribution in [3.63, 3.8) is 0 Å². The van der Waals surface area contributed by atoms with E-state index < -0.39 is 0 Å². The van der Waals surface area contributed by atoms with Crippen molar-refractivity contribution < 1.29 is 9.53 Å². The SMILES string of the molecule is C=CC(CCC)(CC(=O)OCC)C(C)(C)C. The Balaban J connectivity index is 4.91. The second-order valence-electron chi connectivity index (χ2n) is 5.34. The maximum absolute atomic E-state index is 11.7. The van der Waals surface area contributed by atoms with Gasteiger partial charge < -0.3 is 4.74 Å². The first-order valence-electron chi connectivity index (χ1n) is 6.12. The Kier molecular flexibility index (Phi) is 5.77. The molecule has 16 heavy (non-hydrogen) atoms. The van der Waals surface area contributed by atoms with Gasteiger partial charge in [-0.25, -0.2) is 0 Å². The molecule has 0 rings (SSSR count). The van der Waals surface area contributed by atoms with Crippen molar-refractivity contribution in [2.45, 2.75) is 53.9 Å². The summed E-state index contributed by atoms with van der Waals surface area (Å²) >= 11 is 0. The number of hydrogen-bond donors (Lipinski definition) is 0. The Morgan fingerprint density at radius 1 is 1.31 bits per heavy atom. The maximum atomic E-state index is 11.7. The van der Waals surface area contributed by atoms with Crippen molar-refractivity contribution in [1.82, 2.24) is 0 Å². The summed E-state index contributed by atoms with van der Waals surface area (Å²) in [6.07, 6.45) is 4.39. The predicted octanol–water partition coefficient (Wildman–Crippen LogP) is 3.96. The monoisotopic (exact) mass is 226 g/mol. The quantitative estimate of drug-likeness (QED) is 0.506. The Bertz CT molecular complexity index is 238. The topological polar surface area (TPSA) is 26.3 Å². The molecule has 1 atom stereocenters. The van der Waals surface area contributed by atoms with Crippen LogP contribution < -0.4 is 0 Å². The summed E-state index contributed by atoms with van der Waals surface area (Å²) in [5, 5.41) is 0. The number of carbonyl (C=O) groups excluding carboxylic acids is 1. The van der Waals surface area contributed by atoms with Gasteiger partial charge in [0.25, 0.3) is 0 Å². The highest BCUT2D eigenvalue weighted by Gasteiger charge is 2.40. The van der Waals surface area contributed by atoms with Gasteiger partial charge in [0, 0.05) is 5.41 Å². The fraction of sp³-hybridized carbons (Fsp3) is 0.786. The lowest BCUT2D eigenvalue weighted by Crippen LogP contribution is -2.36. The molecule has 2 nitrogen and oxygen atoms in total. The van der Waals surface area contributed by atoms with Crippen LogP contribution in [0, 0.1) is 10.8 Å². The van der Waals surface area contributed by atoms with E-state index in [0.29, 0.717) is 13.0 Å². The molecule has 0 N–H and O–H groups in total. The molecule has 0 aliphatic carbocycles. The van der Waals surface area contributed by atoms with Crippen LogP contribution in [-0.4, -0.2) is 12.6 Å². The normalized spacial score (nSPS) is 15.3. The van der Waals surface area contributed by atoms with E-state index in [2.05, 4.69) is 34.3 Å². The summed E-state index contributed by atoms with van der Waals surface area (Å²) in [4.78, 5) is 11.7. The second-order valence-corrected chi connectivity index (χ2v) is 5.34. The van der Waals surface area contributed by atoms with Crippen molar-refractivity contribution in [3.8, 4) is 0 Å². The molecule has 0 aromatic rings. The zero-order valence-electron chi connectivity index (χ0n) is 11.4. The highest BCUT2D eigenvalue weighted by atomic mass is 16.5. The van der Waals surface area contributed by atoms with E-state index in [1.54, 1.807) is 0 Å². The van der Waals surface area contributed by atoms with Gasteiger partial charge in [-0.05, 0) is 18.8 Å². The molecule has 0 radical (unpaired) electrons. The van der Waals surface area contributed by atoms with Crippen molar-refractivity contribution in [3.05, 3.63) is 12.7 Å². The molecule has 2 heteroatoms. The first-order chi connectivity index (χ1) is 7.33. The van der Waals surface area contributed by atoms with Crippen LogP contribution in [0.5, 0.6) is 0 Å². The van der Waals surface area contributed by atoms with Gasteiger partial charge in [0.15, 0.2) is 0 Å². The summed E-state index contributed by atoms with van der Waals surface area (Å²) in [6, 6.07) is 0. The largest absolute Gasteiger partial charge is 0.466 e. The Morgan fingerprint density at radius 2 is 1.88 bits per heavy atom. The molecular weight excluding hydrogens is 200 g/mol. The molecule has 0 spiro atoms. The van der Waals surface area contributed by atoms with E-state index in [-0.39, 0.29) is 16.8 Å². The van der Waals surface area contributed by atoms with E-state index in [9.17, 15) is 4.79 Å². The van der Waals surface area contributed by atoms with Crippen LogP contribution in [0.15, 0.2) is 12.7 Å². The fourth-order valence-electron chi connectivity index (χ4n) is 2.12. The number of ether oxygens (including phenoxy) is 1. The van der Waals surface area contributed by atoms with Gasteiger partial charge in [-0.3, -0.25) is 4.79 Å². The Labute approximate surface area is 100 Å². The molecule has 94 valence electrons.